The Balaban J connectivity index is 2.01. The van der Waals surface area contributed by atoms with E-state index in [0.29, 0.717) is 5.92 Å². The van der Waals surface area contributed by atoms with Crippen LogP contribution in [0.25, 0.3) is 0 Å². The highest BCUT2D eigenvalue weighted by Crippen LogP contribution is 2.36. The van der Waals surface area contributed by atoms with Gasteiger partial charge >= 0.3 is 0 Å². The van der Waals surface area contributed by atoms with Crippen molar-refractivity contribution in [2.24, 2.45) is 5.92 Å². The molecule has 2 atom stereocenters. The molecule has 1 aromatic rings. The summed E-state index contributed by atoms with van der Waals surface area (Å²) in [5.41, 5.74) is 0.584. The van der Waals surface area contributed by atoms with Crippen LogP contribution in [0.4, 0.5) is 0 Å². The second-order valence-corrected chi connectivity index (χ2v) is 6.19. The maximum atomic E-state index is 10.6. The fourth-order valence-corrected chi connectivity index (χ4v) is 3.41. The minimum atomic E-state index is -0.487. The Morgan fingerprint density at radius 1 is 1.62 bits per heavy atom. The third kappa shape index (κ3) is 2.83. The summed E-state index contributed by atoms with van der Waals surface area (Å²) in [5, 5.41) is 13.8. The lowest BCUT2D eigenvalue weighted by Crippen LogP contribution is -2.37. The molecule has 0 aliphatic heterocycles. The minimum absolute atomic E-state index is 0.487. The molecule has 90 valence electrons. The van der Waals surface area contributed by atoms with Crippen LogP contribution in [0.5, 0.6) is 0 Å². The van der Waals surface area contributed by atoms with Crippen molar-refractivity contribution in [1.29, 1.82) is 0 Å². The molecule has 3 heteroatoms. The standard InChI is InChI=1S/C13H21NOS/c1-3-11-5-4-6-13(15,7-11)8-12-9-16-10(2)14-12/h9,11,15H,3-8H2,1-2H3. The van der Waals surface area contributed by atoms with Crippen molar-refractivity contribution >= 4 is 11.3 Å². The normalized spacial score (nSPS) is 30.6. The number of rotatable bonds is 3. The van der Waals surface area contributed by atoms with Crippen molar-refractivity contribution in [1.82, 2.24) is 4.98 Å². The zero-order valence-corrected chi connectivity index (χ0v) is 11.0. The predicted molar refractivity (Wildman–Crippen MR) is 67.8 cm³/mol. The van der Waals surface area contributed by atoms with Gasteiger partial charge in [-0.2, -0.15) is 0 Å². The molecule has 1 heterocycles. The number of thiazole rings is 1. The Labute approximate surface area is 102 Å². The van der Waals surface area contributed by atoms with E-state index in [-0.39, 0.29) is 0 Å². The molecule has 1 saturated carbocycles. The topological polar surface area (TPSA) is 33.1 Å². The van der Waals surface area contributed by atoms with Gasteiger partial charge in [0.2, 0.25) is 0 Å². The molecule has 1 aliphatic carbocycles. The molecular weight excluding hydrogens is 218 g/mol. The Morgan fingerprint density at radius 3 is 3.06 bits per heavy atom. The first-order valence-electron chi connectivity index (χ1n) is 6.25. The van der Waals surface area contributed by atoms with E-state index in [1.807, 2.05) is 6.92 Å². The van der Waals surface area contributed by atoms with Crippen molar-refractivity contribution in [2.75, 3.05) is 0 Å². The summed E-state index contributed by atoms with van der Waals surface area (Å²) in [4.78, 5) is 4.46. The molecule has 2 unspecified atom stereocenters. The van der Waals surface area contributed by atoms with Gasteiger partial charge in [0, 0.05) is 11.8 Å². The van der Waals surface area contributed by atoms with Crippen LogP contribution in [-0.4, -0.2) is 15.7 Å². The van der Waals surface area contributed by atoms with Crippen molar-refractivity contribution in [2.45, 2.75) is 58.0 Å². The first kappa shape index (κ1) is 12.1. The third-order valence-electron chi connectivity index (χ3n) is 3.68. The largest absolute Gasteiger partial charge is 0.389 e. The number of nitrogens with zero attached hydrogens (tertiary/aromatic N) is 1. The molecule has 0 saturated heterocycles. The van der Waals surface area contributed by atoms with Crippen LogP contribution in [0.2, 0.25) is 0 Å². The smallest absolute Gasteiger partial charge is 0.0897 e. The Kier molecular flexibility index (Phi) is 3.65. The van der Waals surface area contributed by atoms with Crippen molar-refractivity contribution in [3.8, 4) is 0 Å². The van der Waals surface area contributed by atoms with E-state index >= 15 is 0 Å². The van der Waals surface area contributed by atoms with Crippen LogP contribution >= 0.6 is 11.3 Å². The second-order valence-electron chi connectivity index (χ2n) is 5.13. The molecule has 1 aromatic heterocycles. The molecule has 16 heavy (non-hydrogen) atoms. The van der Waals surface area contributed by atoms with Gasteiger partial charge in [-0.25, -0.2) is 4.98 Å². The zero-order chi connectivity index (χ0) is 11.6. The van der Waals surface area contributed by atoms with Gasteiger partial charge in [-0.15, -0.1) is 11.3 Å². The monoisotopic (exact) mass is 239 g/mol. The van der Waals surface area contributed by atoms with Crippen LogP contribution in [0.3, 0.4) is 0 Å². The first-order chi connectivity index (χ1) is 7.61. The molecule has 0 bridgehead atoms. The van der Waals surface area contributed by atoms with Crippen LogP contribution in [0.1, 0.15) is 49.7 Å². The number of hydrogen-bond acceptors (Lipinski definition) is 3. The highest BCUT2D eigenvalue weighted by atomic mass is 32.1. The van der Waals surface area contributed by atoms with E-state index in [9.17, 15) is 5.11 Å². The highest BCUT2D eigenvalue weighted by molar-refractivity contribution is 7.09. The molecule has 2 nitrogen and oxygen atoms in total. The second kappa shape index (κ2) is 4.84. The third-order valence-corrected chi connectivity index (χ3v) is 4.50. The summed E-state index contributed by atoms with van der Waals surface area (Å²) in [6.45, 7) is 4.25. The van der Waals surface area contributed by atoms with Crippen molar-refractivity contribution in [3.05, 3.63) is 16.1 Å². The molecule has 2 rings (SSSR count). The lowest BCUT2D eigenvalue weighted by atomic mass is 9.75. The average molecular weight is 239 g/mol. The van der Waals surface area contributed by atoms with Crippen LogP contribution in [0.15, 0.2) is 5.38 Å². The van der Waals surface area contributed by atoms with E-state index in [0.717, 1.165) is 36.4 Å². The molecule has 0 amide bonds. The van der Waals surface area contributed by atoms with E-state index in [2.05, 4.69) is 17.3 Å². The molecule has 0 radical (unpaired) electrons. The Bertz CT molecular complexity index is 349. The van der Waals surface area contributed by atoms with Gasteiger partial charge in [0.15, 0.2) is 0 Å². The van der Waals surface area contributed by atoms with Gasteiger partial charge in [-0.3, -0.25) is 0 Å². The summed E-state index contributed by atoms with van der Waals surface area (Å²) < 4.78 is 0. The minimum Gasteiger partial charge on any atom is -0.389 e. The van der Waals surface area contributed by atoms with E-state index < -0.39 is 5.60 Å². The van der Waals surface area contributed by atoms with Gasteiger partial charge < -0.3 is 5.11 Å². The summed E-state index contributed by atoms with van der Waals surface area (Å²) >= 11 is 1.68. The summed E-state index contributed by atoms with van der Waals surface area (Å²) in [6.07, 6.45) is 6.29. The van der Waals surface area contributed by atoms with Crippen molar-refractivity contribution < 1.29 is 5.11 Å². The van der Waals surface area contributed by atoms with Crippen LogP contribution in [0, 0.1) is 12.8 Å². The molecule has 1 N–H and O–H groups in total. The highest BCUT2D eigenvalue weighted by Gasteiger charge is 2.34. The number of aryl methyl sites for hydroxylation is 1. The van der Waals surface area contributed by atoms with Crippen LogP contribution in [-0.2, 0) is 6.42 Å². The predicted octanol–water partition coefficient (Wildman–Crippen LogP) is 3.33. The lowest BCUT2D eigenvalue weighted by Gasteiger charge is -2.36. The lowest BCUT2D eigenvalue weighted by molar-refractivity contribution is -0.0168. The molecular formula is C13H21NOS. The first-order valence-corrected chi connectivity index (χ1v) is 7.13. The zero-order valence-electron chi connectivity index (χ0n) is 10.2. The maximum Gasteiger partial charge on any atom is 0.0897 e. The number of aliphatic hydroxyl groups is 1. The van der Waals surface area contributed by atoms with E-state index in [4.69, 9.17) is 0 Å². The van der Waals surface area contributed by atoms with Crippen molar-refractivity contribution in [3.63, 3.8) is 0 Å². The number of hydrogen-bond donors (Lipinski definition) is 1. The fraction of sp³-hybridized carbons (Fsp3) is 0.769. The average Bonchev–Trinajstić information content (AvgIpc) is 2.63. The fourth-order valence-electron chi connectivity index (χ4n) is 2.80. The molecule has 0 spiro atoms. The van der Waals surface area contributed by atoms with Gasteiger partial charge in [-0.1, -0.05) is 26.2 Å². The molecule has 1 aliphatic rings. The van der Waals surface area contributed by atoms with Gasteiger partial charge in [0.1, 0.15) is 0 Å². The SMILES string of the molecule is CCC1CCCC(O)(Cc2csc(C)n2)C1. The van der Waals surface area contributed by atoms with E-state index in [1.54, 1.807) is 11.3 Å². The quantitative estimate of drug-likeness (QED) is 0.877. The summed E-state index contributed by atoms with van der Waals surface area (Å²) in [5.74, 6) is 0.707. The van der Waals surface area contributed by atoms with Gasteiger partial charge in [0.05, 0.1) is 16.3 Å². The summed E-state index contributed by atoms with van der Waals surface area (Å²) in [6, 6.07) is 0. The number of aromatic nitrogens is 1. The Hall–Kier alpha value is -0.410. The van der Waals surface area contributed by atoms with Gasteiger partial charge in [-0.05, 0) is 25.7 Å². The van der Waals surface area contributed by atoms with E-state index in [1.165, 1.54) is 12.8 Å². The van der Waals surface area contributed by atoms with Gasteiger partial charge in [0.25, 0.3) is 0 Å². The maximum absolute atomic E-state index is 10.6. The van der Waals surface area contributed by atoms with Crippen LogP contribution < -0.4 is 0 Å². The summed E-state index contributed by atoms with van der Waals surface area (Å²) in [7, 11) is 0. The molecule has 1 fully saturated rings. The Morgan fingerprint density at radius 2 is 2.44 bits per heavy atom. The molecule has 0 aromatic carbocycles.